The quantitative estimate of drug-likeness (QED) is 0.635. The Labute approximate surface area is 92.2 Å². The van der Waals surface area contributed by atoms with Crippen LogP contribution in [0, 0.1) is 16.0 Å². The van der Waals surface area contributed by atoms with Crippen molar-refractivity contribution in [1.82, 2.24) is 0 Å². The molecular formula is C10H11ClN2O2. The summed E-state index contributed by atoms with van der Waals surface area (Å²) in [4.78, 5) is 10.1. The van der Waals surface area contributed by atoms with Crippen molar-refractivity contribution < 1.29 is 4.92 Å². The van der Waals surface area contributed by atoms with Gasteiger partial charge in [-0.15, -0.1) is 0 Å². The first-order valence-electron chi connectivity index (χ1n) is 4.77. The van der Waals surface area contributed by atoms with Gasteiger partial charge in [0.25, 0.3) is 5.69 Å². The van der Waals surface area contributed by atoms with Crippen molar-refractivity contribution in [2.75, 3.05) is 6.54 Å². The lowest BCUT2D eigenvalue weighted by molar-refractivity contribution is -0.384. The fraction of sp³-hybridized carbons (Fsp3) is 0.400. The van der Waals surface area contributed by atoms with Gasteiger partial charge in [0.1, 0.15) is 5.02 Å². The predicted molar refractivity (Wildman–Crippen MR) is 58.0 cm³/mol. The number of nitro benzene ring substituents is 1. The Morgan fingerprint density at radius 1 is 1.60 bits per heavy atom. The average Bonchev–Trinajstić information content (AvgIpc) is 2.95. The Morgan fingerprint density at radius 3 is 2.80 bits per heavy atom. The molecule has 2 atom stereocenters. The summed E-state index contributed by atoms with van der Waals surface area (Å²) < 4.78 is 0. The molecule has 2 N–H and O–H groups in total. The summed E-state index contributed by atoms with van der Waals surface area (Å²) in [5.41, 5.74) is 6.56. The van der Waals surface area contributed by atoms with E-state index in [0.29, 0.717) is 18.4 Å². The van der Waals surface area contributed by atoms with E-state index in [-0.39, 0.29) is 10.7 Å². The number of hydrogen-bond acceptors (Lipinski definition) is 3. The van der Waals surface area contributed by atoms with E-state index in [0.717, 1.165) is 12.0 Å². The third-order valence-electron chi connectivity index (χ3n) is 2.82. The Hall–Kier alpha value is -1.13. The number of benzene rings is 1. The third kappa shape index (κ3) is 1.96. The molecule has 1 aliphatic rings. The number of nitrogens with two attached hydrogens (primary N) is 1. The van der Waals surface area contributed by atoms with Gasteiger partial charge in [-0.25, -0.2) is 0 Å². The SMILES string of the molecule is NC[C@@H]1C[C@H]1c1ccc([N+](=O)[O-])c(Cl)c1. The molecule has 1 aromatic carbocycles. The highest BCUT2D eigenvalue weighted by atomic mass is 35.5. The Bertz CT molecular complexity index is 408. The molecule has 1 saturated carbocycles. The molecule has 0 saturated heterocycles. The minimum absolute atomic E-state index is 0.0367. The molecule has 80 valence electrons. The van der Waals surface area contributed by atoms with Crippen LogP contribution in [0.1, 0.15) is 17.9 Å². The molecular weight excluding hydrogens is 216 g/mol. The minimum atomic E-state index is -0.473. The molecule has 15 heavy (non-hydrogen) atoms. The second-order valence-corrected chi connectivity index (χ2v) is 4.21. The number of hydrogen-bond donors (Lipinski definition) is 1. The van der Waals surface area contributed by atoms with Crippen LogP contribution in [0.4, 0.5) is 5.69 Å². The second kappa shape index (κ2) is 3.79. The van der Waals surface area contributed by atoms with Crippen LogP contribution in [0.3, 0.4) is 0 Å². The van der Waals surface area contributed by atoms with Crippen LogP contribution in [-0.4, -0.2) is 11.5 Å². The van der Waals surface area contributed by atoms with Crippen LogP contribution in [0.5, 0.6) is 0 Å². The van der Waals surface area contributed by atoms with Gasteiger partial charge >= 0.3 is 0 Å². The summed E-state index contributed by atoms with van der Waals surface area (Å²) >= 11 is 5.81. The van der Waals surface area contributed by atoms with E-state index in [1.165, 1.54) is 6.07 Å². The molecule has 1 fully saturated rings. The highest BCUT2D eigenvalue weighted by Crippen LogP contribution is 2.47. The summed E-state index contributed by atoms with van der Waals surface area (Å²) in [6.45, 7) is 0.666. The molecule has 1 aromatic rings. The van der Waals surface area contributed by atoms with Gasteiger partial charge in [-0.1, -0.05) is 17.7 Å². The topological polar surface area (TPSA) is 69.2 Å². The maximum Gasteiger partial charge on any atom is 0.287 e. The van der Waals surface area contributed by atoms with Crippen molar-refractivity contribution in [3.05, 3.63) is 38.9 Å². The van der Waals surface area contributed by atoms with Gasteiger partial charge in [0, 0.05) is 6.07 Å². The molecule has 5 heteroatoms. The number of nitrogens with zero attached hydrogens (tertiary/aromatic N) is 1. The summed E-state index contributed by atoms with van der Waals surface area (Å²) in [7, 11) is 0. The predicted octanol–water partition coefficient (Wildman–Crippen LogP) is 2.31. The zero-order valence-electron chi connectivity index (χ0n) is 8.02. The van der Waals surface area contributed by atoms with Gasteiger partial charge in [0.2, 0.25) is 0 Å². The molecule has 0 radical (unpaired) electrons. The maximum atomic E-state index is 10.5. The van der Waals surface area contributed by atoms with Gasteiger partial charge in [0.15, 0.2) is 0 Å². The molecule has 1 aliphatic carbocycles. The van der Waals surface area contributed by atoms with E-state index in [4.69, 9.17) is 17.3 Å². The standard InChI is InChI=1S/C10H11ClN2O2/c11-9-4-6(8-3-7(8)5-12)1-2-10(9)13(14)15/h1-2,4,7-8H,3,5,12H2/t7-,8-/m0/s1. The van der Waals surface area contributed by atoms with E-state index in [1.807, 2.05) is 0 Å². The van der Waals surface area contributed by atoms with Crippen molar-refractivity contribution in [2.24, 2.45) is 11.7 Å². The first-order chi connectivity index (χ1) is 7.13. The van der Waals surface area contributed by atoms with Crippen molar-refractivity contribution in [1.29, 1.82) is 0 Å². The lowest BCUT2D eigenvalue weighted by atomic mass is 10.1. The van der Waals surface area contributed by atoms with Crippen molar-refractivity contribution >= 4 is 17.3 Å². The molecule has 4 nitrogen and oxygen atoms in total. The fourth-order valence-electron chi connectivity index (χ4n) is 1.82. The van der Waals surface area contributed by atoms with Crippen LogP contribution in [-0.2, 0) is 0 Å². The Kier molecular flexibility index (Phi) is 2.63. The zero-order chi connectivity index (χ0) is 11.0. The van der Waals surface area contributed by atoms with Gasteiger partial charge in [0.05, 0.1) is 4.92 Å². The van der Waals surface area contributed by atoms with Crippen molar-refractivity contribution in [3.63, 3.8) is 0 Å². The van der Waals surface area contributed by atoms with E-state index in [2.05, 4.69) is 0 Å². The van der Waals surface area contributed by atoms with Crippen LogP contribution < -0.4 is 5.73 Å². The molecule has 0 aromatic heterocycles. The van der Waals surface area contributed by atoms with Gasteiger partial charge in [-0.3, -0.25) is 10.1 Å². The molecule has 0 unspecified atom stereocenters. The first kappa shape index (κ1) is 10.4. The zero-order valence-corrected chi connectivity index (χ0v) is 8.78. The van der Waals surface area contributed by atoms with Gasteiger partial charge < -0.3 is 5.73 Å². The van der Waals surface area contributed by atoms with Gasteiger partial charge in [-0.2, -0.15) is 0 Å². The first-order valence-corrected chi connectivity index (χ1v) is 5.15. The number of halogens is 1. The summed E-state index contributed by atoms with van der Waals surface area (Å²) in [5.74, 6) is 0.954. The van der Waals surface area contributed by atoms with Crippen LogP contribution >= 0.6 is 11.6 Å². The maximum absolute atomic E-state index is 10.5. The summed E-state index contributed by atoms with van der Waals surface area (Å²) in [5, 5.41) is 10.7. The van der Waals surface area contributed by atoms with Crippen LogP contribution in [0.2, 0.25) is 5.02 Å². The van der Waals surface area contributed by atoms with Crippen LogP contribution in [0.15, 0.2) is 18.2 Å². The second-order valence-electron chi connectivity index (χ2n) is 3.81. The molecule has 2 rings (SSSR count). The third-order valence-corrected chi connectivity index (χ3v) is 3.12. The minimum Gasteiger partial charge on any atom is -0.330 e. The molecule has 0 amide bonds. The van der Waals surface area contributed by atoms with E-state index in [9.17, 15) is 10.1 Å². The lowest BCUT2D eigenvalue weighted by Crippen LogP contribution is -2.02. The van der Waals surface area contributed by atoms with Crippen molar-refractivity contribution in [3.8, 4) is 0 Å². The van der Waals surface area contributed by atoms with Crippen molar-refractivity contribution in [2.45, 2.75) is 12.3 Å². The van der Waals surface area contributed by atoms with Gasteiger partial charge in [-0.05, 0) is 36.4 Å². The normalized spacial score (nSPS) is 23.9. The number of nitro groups is 1. The molecule has 0 bridgehead atoms. The summed E-state index contributed by atoms with van der Waals surface area (Å²) in [6, 6.07) is 4.91. The fourth-order valence-corrected chi connectivity index (χ4v) is 2.08. The number of rotatable bonds is 3. The van der Waals surface area contributed by atoms with E-state index in [1.54, 1.807) is 12.1 Å². The summed E-state index contributed by atoms with van der Waals surface area (Å²) in [6.07, 6.45) is 1.06. The Balaban J connectivity index is 2.23. The smallest absolute Gasteiger partial charge is 0.287 e. The van der Waals surface area contributed by atoms with Crippen LogP contribution in [0.25, 0.3) is 0 Å². The lowest BCUT2D eigenvalue weighted by Gasteiger charge is -2.00. The highest BCUT2D eigenvalue weighted by Gasteiger charge is 2.37. The molecule has 0 heterocycles. The van der Waals surface area contributed by atoms with E-state index < -0.39 is 4.92 Å². The average molecular weight is 227 g/mol. The molecule has 0 spiro atoms. The monoisotopic (exact) mass is 226 g/mol. The Morgan fingerprint density at radius 2 is 2.33 bits per heavy atom. The van der Waals surface area contributed by atoms with E-state index >= 15 is 0 Å². The largest absolute Gasteiger partial charge is 0.330 e. The highest BCUT2D eigenvalue weighted by molar-refractivity contribution is 6.32. The molecule has 0 aliphatic heterocycles.